The minimum absolute atomic E-state index is 0.0348. The number of halogens is 3. The van der Waals surface area contributed by atoms with Gasteiger partial charge in [-0.25, -0.2) is 0 Å². The van der Waals surface area contributed by atoms with E-state index in [4.69, 9.17) is 0 Å². The van der Waals surface area contributed by atoms with Crippen LogP contribution in [-0.4, -0.2) is 36.4 Å². The van der Waals surface area contributed by atoms with Crippen molar-refractivity contribution in [3.05, 3.63) is 52.6 Å². The van der Waals surface area contributed by atoms with Crippen molar-refractivity contribution in [1.29, 1.82) is 0 Å². The summed E-state index contributed by atoms with van der Waals surface area (Å²) < 4.78 is 39.0. The summed E-state index contributed by atoms with van der Waals surface area (Å²) in [5.41, 5.74) is 6.26. The van der Waals surface area contributed by atoms with Crippen LogP contribution in [-0.2, 0) is 12.8 Å². The molecule has 0 aromatic heterocycles. The molecule has 0 bridgehead atoms. The summed E-state index contributed by atoms with van der Waals surface area (Å²) in [4.78, 5) is 5.82. The highest BCUT2D eigenvalue weighted by Gasteiger charge is 2.42. The maximum atomic E-state index is 13.0. The number of alkyl halides is 3. The van der Waals surface area contributed by atoms with Gasteiger partial charge in [0, 0.05) is 37.0 Å². The molecule has 5 heteroatoms. The number of rotatable bonds is 5. The molecule has 2 heterocycles. The maximum absolute atomic E-state index is 13.0. The molecule has 1 aromatic carbocycles. The van der Waals surface area contributed by atoms with Gasteiger partial charge >= 0.3 is 6.18 Å². The zero-order valence-corrected chi connectivity index (χ0v) is 16.2. The lowest BCUT2D eigenvalue weighted by atomic mass is 9.94. The molecule has 2 aliphatic heterocycles. The Kier molecular flexibility index (Phi) is 5.50. The number of nitrogens with zero attached hydrogens (tertiary/aromatic N) is 2. The van der Waals surface area contributed by atoms with Gasteiger partial charge in [-0.2, -0.15) is 13.2 Å². The maximum Gasteiger partial charge on any atom is 0.411 e. The van der Waals surface area contributed by atoms with Crippen molar-refractivity contribution in [2.45, 2.75) is 52.3 Å². The van der Waals surface area contributed by atoms with Crippen molar-refractivity contribution < 1.29 is 13.2 Å². The first-order chi connectivity index (χ1) is 12.7. The Morgan fingerprint density at radius 1 is 1.30 bits per heavy atom. The van der Waals surface area contributed by atoms with Gasteiger partial charge in [0.15, 0.2) is 0 Å². The lowest BCUT2D eigenvalue weighted by Crippen LogP contribution is -2.30. The van der Waals surface area contributed by atoms with Crippen molar-refractivity contribution in [2.75, 3.05) is 13.1 Å². The second-order valence-electron chi connectivity index (χ2n) is 7.91. The van der Waals surface area contributed by atoms with Crippen LogP contribution in [0.25, 0.3) is 5.70 Å². The molecule has 1 atom stereocenters. The van der Waals surface area contributed by atoms with Crippen LogP contribution in [0.5, 0.6) is 0 Å². The van der Waals surface area contributed by atoms with Crippen LogP contribution in [0.2, 0.25) is 0 Å². The van der Waals surface area contributed by atoms with E-state index in [-0.39, 0.29) is 6.42 Å². The first-order valence-electron chi connectivity index (χ1n) is 9.55. The lowest BCUT2D eigenvalue weighted by Gasteiger charge is -2.25. The third-order valence-corrected chi connectivity index (χ3v) is 5.33. The van der Waals surface area contributed by atoms with Crippen LogP contribution in [0.15, 0.2) is 40.9 Å². The molecule has 0 saturated carbocycles. The molecule has 1 aromatic rings. The zero-order valence-electron chi connectivity index (χ0n) is 16.2. The number of hydrogen-bond acceptors (Lipinski definition) is 2. The van der Waals surface area contributed by atoms with Crippen LogP contribution in [0, 0.1) is 5.92 Å². The summed E-state index contributed by atoms with van der Waals surface area (Å²) in [5.74, 6) is 0.522. The Hall–Kier alpha value is -2.04. The van der Waals surface area contributed by atoms with Crippen LogP contribution < -0.4 is 0 Å². The molecule has 0 N–H and O–H groups in total. The number of dihydropyridines is 1. The van der Waals surface area contributed by atoms with E-state index in [2.05, 4.69) is 55.4 Å². The fraction of sp³-hybridized carbons (Fsp3) is 0.500. The van der Waals surface area contributed by atoms with E-state index in [1.165, 1.54) is 17.3 Å². The number of aliphatic imine (C=N–C) groups is 1. The van der Waals surface area contributed by atoms with Crippen molar-refractivity contribution in [1.82, 2.24) is 4.90 Å². The van der Waals surface area contributed by atoms with Gasteiger partial charge in [0.1, 0.15) is 6.04 Å². The topological polar surface area (TPSA) is 15.6 Å². The average molecular weight is 376 g/mol. The average Bonchev–Trinajstić information content (AvgIpc) is 3.03. The van der Waals surface area contributed by atoms with Gasteiger partial charge in [-0.3, -0.25) is 4.99 Å². The molecule has 0 aliphatic carbocycles. The second-order valence-corrected chi connectivity index (χ2v) is 7.91. The van der Waals surface area contributed by atoms with Gasteiger partial charge in [-0.15, -0.1) is 0 Å². The fourth-order valence-electron chi connectivity index (χ4n) is 3.79. The smallest absolute Gasteiger partial charge is 0.363 e. The van der Waals surface area contributed by atoms with Crippen LogP contribution >= 0.6 is 0 Å². The fourth-order valence-corrected chi connectivity index (χ4v) is 3.79. The largest absolute Gasteiger partial charge is 0.411 e. The highest BCUT2D eigenvalue weighted by atomic mass is 19.4. The molecule has 146 valence electrons. The SMILES string of the molecule is C=C(c1cc(CC)ccc1CC(C)C)N1CC2=C(CC(C(F)(F)F)N=C2)C1. The van der Waals surface area contributed by atoms with E-state index in [0.717, 1.165) is 35.2 Å². The summed E-state index contributed by atoms with van der Waals surface area (Å²) in [6, 6.07) is 4.90. The van der Waals surface area contributed by atoms with E-state index in [0.29, 0.717) is 19.0 Å². The highest BCUT2D eigenvalue weighted by Crippen LogP contribution is 2.36. The van der Waals surface area contributed by atoms with E-state index >= 15 is 0 Å². The molecular formula is C22H27F3N2. The van der Waals surface area contributed by atoms with Crippen molar-refractivity contribution in [2.24, 2.45) is 10.9 Å². The second kappa shape index (κ2) is 7.53. The third-order valence-electron chi connectivity index (χ3n) is 5.33. The third kappa shape index (κ3) is 4.28. The van der Waals surface area contributed by atoms with Gasteiger partial charge in [0.05, 0.1) is 0 Å². The molecule has 27 heavy (non-hydrogen) atoms. The van der Waals surface area contributed by atoms with Crippen LogP contribution in [0.3, 0.4) is 0 Å². The first kappa shape index (κ1) is 19.7. The monoisotopic (exact) mass is 376 g/mol. The normalized spacial score (nSPS) is 19.8. The molecule has 0 amide bonds. The molecule has 2 nitrogen and oxygen atoms in total. The van der Waals surface area contributed by atoms with Crippen molar-refractivity contribution in [3.63, 3.8) is 0 Å². The molecule has 0 radical (unpaired) electrons. The lowest BCUT2D eigenvalue weighted by molar-refractivity contribution is -0.146. The number of benzene rings is 1. The Labute approximate surface area is 159 Å². The Bertz CT molecular complexity index is 787. The summed E-state index contributed by atoms with van der Waals surface area (Å²) >= 11 is 0. The molecule has 0 fully saturated rings. The quantitative estimate of drug-likeness (QED) is 0.668. The highest BCUT2D eigenvalue weighted by molar-refractivity contribution is 5.84. The van der Waals surface area contributed by atoms with E-state index in [1.54, 1.807) is 0 Å². The predicted octanol–water partition coefficient (Wildman–Crippen LogP) is 5.44. The minimum Gasteiger partial charge on any atom is -0.363 e. The zero-order chi connectivity index (χ0) is 19.8. The van der Waals surface area contributed by atoms with Crippen molar-refractivity contribution >= 4 is 11.9 Å². The van der Waals surface area contributed by atoms with Gasteiger partial charge in [0.25, 0.3) is 0 Å². The summed E-state index contributed by atoms with van der Waals surface area (Å²) in [5, 5.41) is 0. The van der Waals surface area contributed by atoms with E-state index < -0.39 is 12.2 Å². The molecule has 3 rings (SSSR count). The molecule has 0 spiro atoms. The Morgan fingerprint density at radius 3 is 2.67 bits per heavy atom. The van der Waals surface area contributed by atoms with Gasteiger partial charge in [-0.05, 0) is 47.1 Å². The van der Waals surface area contributed by atoms with E-state index in [1.807, 2.05) is 0 Å². The molecule has 0 saturated heterocycles. The predicted molar refractivity (Wildman–Crippen MR) is 105 cm³/mol. The van der Waals surface area contributed by atoms with Gasteiger partial charge < -0.3 is 4.90 Å². The first-order valence-corrected chi connectivity index (χ1v) is 9.55. The summed E-state index contributed by atoms with van der Waals surface area (Å²) in [6.45, 7) is 11.9. The minimum atomic E-state index is -4.28. The molecule has 2 aliphatic rings. The van der Waals surface area contributed by atoms with Crippen molar-refractivity contribution in [3.8, 4) is 0 Å². The Morgan fingerprint density at radius 2 is 2.04 bits per heavy atom. The number of hydrogen-bond donors (Lipinski definition) is 0. The van der Waals surface area contributed by atoms with Gasteiger partial charge in [-0.1, -0.05) is 39.5 Å². The summed E-state index contributed by atoms with van der Waals surface area (Å²) in [7, 11) is 0. The Balaban J connectivity index is 1.80. The molecule has 1 unspecified atom stereocenters. The summed E-state index contributed by atoms with van der Waals surface area (Å²) in [6.07, 6.45) is -0.998. The standard InChI is InChI=1S/C22H27F3N2/c1-5-16-6-7-17(8-14(2)3)20(9-16)15(4)27-12-18-10-21(22(23,24)25)26-11-19(18)13-27/h6-7,9,11,14,21H,4-5,8,10,12-13H2,1-3H3. The molecular weight excluding hydrogens is 349 g/mol. The van der Waals surface area contributed by atoms with E-state index in [9.17, 15) is 13.2 Å². The van der Waals surface area contributed by atoms with Crippen LogP contribution in [0.1, 0.15) is 43.9 Å². The number of aryl methyl sites for hydroxylation is 1. The van der Waals surface area contributed by atoms with Gasteiger partial charge in [0.2, 0.25) is 0 Å². The van der Waals surface area contributed by atoms with Crippen LogP contribution in [0.4, 0.5) is 13.2 Å².